The van der Waals surface area contributed by atoms with Crippen LogP contribution in [-0.2, 0) is 14.2 Å². The Morgan fingerprint density at radius 3 is 1.49 bits per heavy atom. The highest BCUT2D eigenvalue weighted by molar-refractivity contribution is 8.14. The average Bonchev–Trinajstić information content (AvgIpc) is 3.13. The van der Waals surface area contributed by atoms with Crippen LogP contribution in [0.4, 0.5) is 0 Å². The minimum absolute atomic E-state index is 0.0565. The number of nitriles is 2. The molecule has 1 N–H and O–H groups in total. The summed E-state index contributed by atoms with van der Waals surface area (Å²) in [5.74, 6) is 3.59. The summed E-state index contributed by atoms with van der Waals surface area (Å²) < 4.78 is 15.8. The van der Waals surface area contributed by atoms with Gasteiger partial charge in [0, 0.05) is 46.4 Å². The number of carbonyl (C=O) groups is 2. The Labute approximate surface area is 369 Å². The fraction of sp³-hybridized carbons (Fsp3) is 0.636. The van der Waals surface area contributed by atoms with E-state index in [0.717, 1.165) is 17.2 Å². The molecule has 0 saturated heterocycles. The van der Waals surface area contributed by atoms with Gasteiger partial charge in [-0.25, -0.2) is 0 Å². The number of hydrogen-bond acceptors (Lipinski definition) is 11. The number of nitrogens with zero attached hydrogens (tertiary/aromatic N) is 2. The van der Waals surface area contributed by atoms with Crippen LogP contribution in [0.5, 0.6) is 0 Å². The number of ether oxygens (including phenoxy) is 3. The third kappa shape index (κ3) is 52.2. The van der Waals surface area contributed by atoms with E-state index in [0.29, 0.717) is 77.6 Å². The van der Waals surface area contributed by atoms with E-state index in [4.69, 9.17) is 53.0 Å². The van der Waals surface area contributed by atoms with Crippen LogP contribution in [0.25, 0.3) is 0 Å². The lowest BCUT2D eigenvalue weighted by atomic mass is 10.2. The molecule has 0 fully saturated rings. The van der Waals surface area contributed by atoms with Gasteiger partial charge in [0.25, 0.3) is 0 Å². The summed E-state index contributed by atoms with van der Waals surface area (Å²) in [7, 11) is 0. The molecule has 2 aromatic rings. The smallest absolute Gasteiger partial charge is 0.220 e. The van der Waals surface area contributed by atoms with Gasteiger partial charge in [-0.3, -0.25) is 9.59 Å². The fourth-order valence-corrected chi connectivity index (χ4v) is 5.50. The van der Waals surface area contributed by atoms with Gasteiger partial charge in [0.2, 0.25) is 10.2 Å². The van der Waals surface area contributed by atoms with E-state index >= 15 is 0 Å². The summed E-state index contributed by atoms with van der Waals surface area (Å²) in [5.41, 5.74) is 1.25. The molecule has 8 nitrogen and oxygen atoms in total. The molecule has 0 bridgehead atoms. The van der Waals surface area contributed by atoms with Gasteiger partial charge in [-0.15, -0.1) is 0 Å². The van der Waals surface area contributed by atoms with Crippen molar-refractivity contribution in [2.75, 3.05) is 43.7 Å². The van der Waals surface area contributed by atoms with Crippen molar-refractivity contribution >= 4 is 68.7 Å². The molecular formula is C44H72Cl2N2O6S3. The zero-order chi connectivity index (χ0) is 44.6. The standard InChI is InChI=1S/C12H14Cl2O2S.C12H16O2S.C6H11NO.C6H11NS.C4H10O.C4H10/c1-8(2)16-5-6-17-12(15)10-4-3-9(13)7-11(10)14;1-10(2)14-8-9-15-12(13)11-6-4-3-5-7-11;2*1-6(2)8-5-3-4-7;1-4(2)3-5;1-4(2)3/h3-4,7-8H,5-6H2,1-2H3;3-7,10H,8-9H2,1-2H3;2*6H,3,5H2,1-2H3;4-5H,3H2,1-2H3;4H,1-3H3. The van der Waals surface area contributed by atoms with Crippen LogP contribution in [-0.4, -0.2) is 82.6 Å². The van der Waals surface area contributed by atoms with Crippen LogP contribution in [0, 0.1) is 34.5 Å². The first-order chi connectivity index (χ1) is 26.7. The fourth-order valence-electron chi connectivity index (χ4n) is 2.91. The lowest BCUT2D eigenvalue weighted by Crippen LogP contribution is -2.07. The minimum Gasteiger partial charge on any atom is -0.396 e. The van der Waals surface area contributed by atoms with Gasteiger partial charge in [0.15, 0.2) is 0 Å². The molecule has 0 spiro atoms. The van der Waals surface area contributed by atoms with Crippen LogP contribution in [0.2, 0.25) is 10.0 Å². The molecule has 0 aliphatic heterocycles. The second kappa shape index (κ2) is 43.8. The summed E-state index contributed by atoms with van der Waals surface area (Å²) >= 11 is 16.0. The number of hydrogen-bond donors (Lipinski definition) is 1. The van der Waals surface area contributed by atoms with Crippen molar-refractivity contribution in [2.45, 2.75) is 126 Å². The molecule has 2 rings (SSSR count). The predicted molar refractivity (Wildman–Crippen MR) is 250 cm³/mol. The maximum absolute atomic E-state index is 11.8. The van der Waals surface area contributed by atoms with Crippen LogP contribution < -0.4 is 0 Å². The lowest BCUT2D eigenvalue weighted by molar-refractivity contribution is 0.0833. The van der Waals surface area contributed by atoms with E-state index in [1.165, 1.54) is 23.5 Å². The number of halogens is 2. The third-order valence-electron chi connectivity index (χ3n) is 5.39. The molecule has 57 heavy (non-hydrogen) atoms. The van der Waals surface area contributed by atoms with E-state index in [-0.39, 0.29) is 28.5 Å². The summed E-state index contributed by atoms with van der Waals surface area (Å²) in [6, 6.07) is 18.3. The Morgan fingerprint density at radius 2 is 1.11 bits per heavy atom. The molecule has 0 aromatic heterocycles. The Hall–Kier alpha value is -1.77. The van der Waals surface area contributed by atoms with Crippen LogP contribution in [0.15, 0.2) is 48.5 Å². The number of rotatable bonds is 17. The third-order valence-corrected chi connectivity index (χ3v) is 8.77. The average molecular weight is 892 g/mol. The topological polar surface area (TPSA) is 130 Å². The number of aliphatic hydroxyl groups excluding tert-OH is 1. The Bertz CT molecular complexity index is 1290. The molecule has 0 aliphatic carbocycles. The Balaban J connectivity index is -0.000000318. The van der Waals surface area contributed by atoms with Gasteiger partial charge in [-0.1, -0.05) is 126 Å². The summed E-state index contributed by atoms with van der Waals surface area (Å²) in [5, 5.41) is 26.0. The summed E-state index contributed by atoms with van der Waals surface area (Å²) in [6.07, 6.45) is 1.85. The summed E-state index contributed by atoms with van der Waals surface area (Å²) in [6.45, 7) is 28.6. The SMILES string of the molecule is CC(C)C.CC(C)CO.CC(C)OCCC#N.CC(C)OCCSC(=O)c1ccc(Cl)cc1Cl.CC(C)OCCSC(=O)c1ccccc1.CC(C)SCCC#N. The molecule has 0 radical (unpaired) electrons. The van der Waals surface area contributed by atoms with Crippen molar-refractivity contribution in [3.05, 3.63) is 69.7 Å². The van der Waals surface area contributed by atoms with Crippen LogP contribution in [0.1, 0.15) is 124 Å². The van der Waals surface area contributed by atoms with Gasteiger partial charge in [0.1, 0.15) is 0 Å². The first-order valence-corrected chi connectivity index (χ1v) is 23.2. The van der Waals surface area contributed by atoms with E-state index in [1.54, 1.807) is 18.2 Å². The highest BCUT2D eigenvalue weighted by Crippen LogP contribution is 2.24. The molecule has 0 unspecified atom stereocenters. The van der Waals surface area contributed by atoms with E-state index < -0.39 is 0 Å². The largest absolute Gasteiger partial charge is 0.396 e. The van der Waals surface area contributed by atoms with Gasteiger partial charge in [-0.2, -0.15) is 22.3 Å². The molecule has 0 aliphatic rings. The van der Waals surface area contributed by atoms with Crippen LogP contribution >= 0.6 is 58.5 Å². The molecule has 326 valence electrons. The maximum atomic E-state index is 11.8. The molecule has 0 saturated carbocycles. The lowest BCUT2D eigenvalue weighted by Gasteiger charge is -2.07. The second-order valence-corrected chi connectivity index (χ2v) is 18.7. The van der Waals surface area contributed by atoms with Gasteiger partial charge in [0.05, 0.1) is 61.7 Å². The minimum atomic E-state index is -0.0565. The Morgan fingerprint density at radius 1 is 0.667 bits per heavy atom. The highest BCUT2D eigenvalue weighted by atomic mass is 35.5. The molecule has 0 amide bonds. The number of thioether (sulfide) groups is 3. The van der Waals surface area contributed by atoms with Crippen molar-refractivity contribution in [1.82, 2.24) is 0 Å². The zero-order valence-corrected chi connectivity index (χ0v) is 40.8. The van der Waals surface area contributed by atoms with Crippen molar-refractivity contribution in [3.63, 3.8) is 0 Å². The first-order valence-electron chi connectivity index (χ1n) is 19.4. The second-order valence-electron chi connectivity index (χ2n) is 14.1. The first kappa shape index (κ1) is 61.9. The molecule has 0 heterocycles. The molecular weight excluding hydrogens is 820 g/mol. The Kier molecular flexibility index (Phi) is 47.6. The number of benzene rings is 2. The monoisotopic (exact) mass is 890 g/mol. The van der Waals surface area contributed by atoms with Gasteiger partial charge >= 0.3 is 0 Å². The number of aliphatic hydroxyl groups is 1. The quantitative estimate of drug-likeness (QED) is 0.152. The summed E-state index contributed by atoms with van der Waals surface area (Å²) in [4.78, 5) is 23.4. The van der Waals surface area contributed by atoms with Crippen molar-refractivity contribution < 1.29 is 28.9 Å². The van der Waals surface area contributed by atoms with E-state index in [1.807, 2.05) is 104 Å². The molecule has 0 atom stereocenters. The van der Waals surface area contributed by atoms with Gasteiger partial charge < -0.3 is 19.3 Å². The van der Waals surface area contributed by atoms with Crippen molar-refractivity contribution in [1.29, 1.82) is 10.5 Å². The van der Waals surface area contributed by atoms with E-state index in [9.17, 15) is 9.59 Å². The zero-order valence-electron chi connectivity index (χ0n) is 36.8. The van der Waals surface area contributed by atoms with Crippen LogP contribution in [0.3, 0.4) is 0 Å². The maximum Gasteiger partial charge on any atom is 0.220 e. The normalized spacial score (nSPS) is 10.1. The predicted octanol–water partition coefficient (Wildman–Crippen LogP) is 12.9. The van der Waals surface area contributed by atoms with Crippen molar-refractivity contribution in [2.24, 2.45) is 11.8 Å². The van der Waals surface area contributed by atoms with E-state index in [2.05, 4.69) is 40.7 Å². The highest BCUT2D eigenvalue weighted by Gasteiger charge is 2.11. The molecule has 2 aromatic carbocycles. The van der Waals surface area contributed by atoms with Crippen molar-refractivity contribution in [3.8, 4) is 12.1 Å². The number of carbonyl (C=O) groups excluding carboxylic acids is 2. The molecule has 13 heteroatoms. The van der Waals surface area contributed by atoms with Gasteiger partial charge in [-0.05, 0) is 76.8 Å².